The lowest BCUT2D eigenvalue weighted by Gasteiger charge is -2.05. The Balaban J connectivity index is 2.09. The number of amides is 1. The summed E-state index contributed by atoms with van der Waals surface area (Å²) in [6.45, 7) is 2.57. The Morgan fingerprint density at radius 1 is 1.32 bits per heavy atom. The van der Waals surface area contributed by atoms with Gasteiger partial charge in [0.1, 0.15) is 5.76 Å². The molecule has 1 amide bonds. The molecule has 100 valence electrons. The fraction of sp³-hybridized carbons (Fsp3) is 0.214. The fourth-order valence-corrected chi connectivity index (χ4v) is 1.93. The first-order chi connectivity index (χ1) is 9.10. The molecule has 0 bridgehead atoms. The standard InChI is InChI=1S/C14H15BrN2O2/c1-9-7-10(3-5-12(9)15)17-14(18)13-6-4-11(19-13)8-16-2/h3-7,16H,8H2,1-2H3,(H,17,18). The largest absolute Gasteiger partial charge is 0.455 e. The molecule has 0 unspecified atom stereocenters. The SMILES string of the molecule is CNCc1ccc(C(=O)Nc2ccc(Br)c(C)c2)o1. The molecule has 5 heteroatoms. The molecule has 4 nitrogen and oxygen atoms in total. The number of nitrogens with one attached hydrogen (secondary N) is 2. The van der Waals surface area contributed by atoms with Gasteiger partial charge in [-0.15, -0.1) is 0 Å². The Morgan fingerprint density at radius 2 is 2.11 bits per heavy atom. The molecular formula is C14H15BrN2O2. The van der Waals surface area contributed by atoms with Gasteiger partial charge >= 0.3 is 0 Å². The number of halogens is 1. The van der Waals surface area contributed by atoms with Crippen LogP contribution < -0.4 is 10.6 Å². The number of benzene rings is 1. The molecule has 2 rings (SSSR count). The van der Waals surface area contributed by atoms with E-state index in [1.807, 2.05) is 32.2 Å². The van der Waals surface area contributed by atoms with E-state index in [1.165, 1.54) is 0 Å². The zero-order valence-corrected chi connectivity index (χ0v) is 12.4. The molecule has 0 atom stereocenters. The third-order valence-corrected chi connectivity index (χ3v) is 3.54. The van der Waals surface area contributed by atoms with Crippen molar-refractivity contribution in [3.8, 4) is 0 Å². The van der Waals surface area contributed by atoms with Crippen molar-refractivity contribution in [1.82, 2.24) is 5.32 Å². The van der Waals surface area contributed by atoms with Gasteiger partial charge in [-0.3, -0.25) is 4.79 Å². The summed E-state index contributed by atoms with van der Waals surface area (Å²) < 4.78 is 6.44. The second kappa shape index (κ2) is 6.04. The Kier molecular flexibility index (Phi) is 4.39. The van der Waals surface area contributed by atoms with E-state index < -0.39 is 0 Å². The van der Waals surface area contributed by atoms with Crippen molar-refractivity contribution in [2.45, 2.75) is 13.5 Å². The number of furan rings is 1. The topological polar surface area (TPSA) is 54.3 Å². The van der Waals surface area contributed by atoms with E-state index in [4.69, 9.17) is 4.42 Å². The van der Waals surface area contributed by atoms with Gasteiger partial charge in [0, 0.05) is 10.2 Å². The maximum atomic E-state index is 12.0. The molecule has 0 spiro atoms. The van der Waals surface area contributed by atoms with Gasteiger partial charge in [0.05, 0.1) is 6.54 Å². The van der Waals surface area contributed by atoms with E-state index in [1.54, 1.807) is 12.1 Å². The van der Waals surface area contributed by atoms with E-state index in [9.17, 15) is 4.79 Å². The second-order valence-corrected chi connectivity index (χ2v) is 5.07. The van der Waals surface area contributed by atoms with Crippen LogP contribution in [-0.4, -0.2) is 13.0 Å². The Morgan fingerprint density at radius 3 is 2.79 bits per heavy atom. The lowest BCUT2D eigenvalue weighted by molar-refractivity contribution is 0.0995. The molecule has 0 fully saturated rings. The summed E-state index contributed by atoms with van der Waals surface area (Å²) in [7, 11) is 1.83. The Hall–Kier alpha value is -1.59. The van der Waals surface area contributed by atoms with Crippen LogP contribution in [0.2, 0.25) is 0 Å². The van der Waals surface area contributed by atoms with Gasteiger partial charge in [0.2, 0.25) is 0 Å². The van der Waals surface area contributed by atoms with Crippen LogP contribution in [0.25, 0.3) is 0 Å². The van der Waals surface area contributed by atoms with Crippen LogP contribution in [0.5, 0.6) is 0 Å². The number of anilines is 1. The molecule has 0 saturated heterocycles. The summed E-state index contributed by atoms with van der Waals surface area (Å²) in [5.41, 5.74) is 1.81. The van der Waals surface area contributed by atoms with Crippen LogP contribution in [0, 0.1) is 6.92 Å². The maximum Gasteiger partial charge on any atom is 0.291 e. The van der Waals surface area contributed by atoms with Crippen LogP contribution >= 0.6 is 15.9 Å². The van der Waals surface area contributed by atoms with Crippen LogP contribution in [0.1, 0.15) is 21.9 Å². The lowest BCUT2D eigenvalue weighted by atomic mass is 10.2. The highest BCUT2D eigenvalue weighted by atomic mass is 79.9. The zero-order chi connectivity index (χ0) is 13.8. The summed E-state index contributed by atoms with van der Waals surface area (Å²) in [5.74, 6) is 0.800. The lowest BCUT2D eigenvalue weighted by Crippen LogP contribution is -2.11. The number of hydrogen-bond acceptors (Lipinski definition) is 3. The van der Waals surface area contributed by atoms with Gasteiger partial charge in [-0.05, 0) is 49.9 Å². The Bertz CT molecular complexity index is 593. The number of carbonyl (C=O) groups excluding carboxylic acids is 1. The third kappa shape index (κ3) is 3.45. The molecule has 0 aliphatic rings. The van der Waals surface area contributed by atoms with Gasteiger partial charge in [-0.25, -0.2) is 0 Å². The highest BCUT2D eigenvalue weighted by molar-refractivity contribution is 9.10. The molecule has 2 aromatic rings. The molecule has 0 radical (unpaired) electrons. The average molecular weight is 323 g/mol. The molecule has 0 aliphatic heterocycles. The molecular weight excluding hydrogens is 308 g/mol. The first-order valence-corrected chi connectivity index (χ1v) is 6.70. The van der Waals surface area contributed by atoms with Crippen LogP contribution in [0.15, 0.2) is 39.2 Å². The first kappa shape index (κ1) is 13.8. The predicted octanol–water partition coefficient (Wildman–Crippen LogP) is 3.32. The Labute approximate surface area is 120 Å². The van der Waals surface area contributed by atoms with E-state index in [2.05, 4.69) is 26.6 Å². The first-order valence-electron chi connectivity index (χ1n) is 5.91. The zero-order valence-electron chi connectivity index (χ0n) is 10.8. The number of rotatable bonds is 4. The molecule has 1 aromatic carbocycles. The average Bonchev–Trinajstić information content (AvgIpc) is 2.83. The minimum absolute atomic E-state index is 0.246. The summed E-state index contributed by atoms with van der Waals surface area (Å²) in [6.07, 6.45) is 0. The highest BCUT2D eigenvalue weighted by Gasteiger charge is 2.11. The number of hydrogen-bond donors (Lipinski definition) is 2. The normalized spacial score (nSPS) is 10.5. The van der Waals surface area contributed by atoms with Crippen molar-refractivity contribution in [2.24, 2.45) is 0 Å². The summed E-state index contributed by atoms with van der Waals surface area (Å²) in [5, 5.41) is 5.78. The fourth-order valence-electron chi connectivity index (χ4n) is 1.68. The van der Waals surface area contributed by atoms with Crippen LogP contribution in [0.4, 0.5) is 5.69 Å². The molecule has 0 saturated carbocycles. The van der Waals surface area contributed by atoms with Crippen molar-refractivity contribution >= 4 is 27.5 Å². The maximum absolute atomic E-state index is 12.0. The van der Waals surface area contributed by atoms with Crippen molar-refractivity contribution in [3.63, 3.8) is 0 Å². The van der Waals surface area contributed by atoms with Gasteiger partial charge < -0.3 is 15.1 Å². The predicted molar refractivity (Wildman–Crippen MR) is 78.3 cm³/mol. The van der Waals surface area contributed by atoms with Crippen molar-refractivity contribution in [2.75, 3.05) is 12.4 Å². The summed E-state index contributed by atoms with van der Waals surface area (Å²) in [4.78, 5) is 12.0. The molecule has 0 aliphatic carbocycles. The quantitative estimate of drug-likeness (QED) is 0.907. The van der Waals surface area contributed by atoms with Crippen molar-refractivity contribution < 1.29 is 9.21 Å². The van der Waals surface area contributed by atoms with Crippen LogP contribution in [-0.2, 0) is 6.54 Å². The van der Waals surface area contributed by atoms with Gasteiger partial charge in [0.15, 0.2) is 5.76 Å². The summed E-state index contributed by atoms with van der Waals surface area (Å²) in [6, 6.07) is 9.11. The number of carbonyl (C=O) groups is 1. The van der Waals surface area contributed by atoms with Crippen LogP contribution in [0.3, 0.4) is 0 Å². The monoisotopic (exact) mass is 322 g/mol. The highest BCUT2D eigenvalue weighted by Crippen LogP contribution is 2.20. The summed E-state index contributed by atoms with van der Waals surface area (Å²) >= 11 is 3.42. The van der Waals surface area contributed by atoms with Gasteiger partial charge in [-0.2, -0.15) is 0 Å². The van der Waals surface area contributed by atoms with E-state index in [0.29, 0.717) is 12.3 Å². The molecule has 2 N–H and O–H groups in total. The van der Waals surface area contributed by atoms with Crippen molar-refractivity contribution in [3.05, 3.63) is 51.9 Å². The van der Waals surface area contributed by atoms with Crippen molar-refractivity contribution in [1.29, 1.82) is 0 Å². The van der Waals surface area contributed by atoms with Gasteiger partial charge in [0.25, 0.3) is 5.91 Å². The molecule has 1 aromatic heterocycles. The van der Waals surface area contributed by atoms with E-state index in [0.717, 1.165) is 21.5 Å². The third-order valence-electron chi connectivity index (χ3n) is 2.65. The molecule has 1 heterocycles. The molecule has 19 heavy (non-hydrogen) atoms. The van der Waals surface area contributed by atoms with Gasteiger partial charge in [-0.1, -0.05) is 15.9 Å². The number of aryl methyl sites for hydroxylation is 1. The minimum atomic E-state index is -0.246. The van der Waals surface area contributed by atoms with E-state index in [-0.39, 0.29) is 5.91 Å². The minimum Gasteiger partial charge on any atom is -0.455 e. The van der Waals surface area contributed by atoms with E-state index >= 15 is 0 Å². The smallest absolute Gasteiger partial charge is 0.291 e. The second-order valence-electron chi connectivity index (χ2n) is 4.21.